The molecule has 0 aliphatic carbocycles. The average Bonchev–Trinajstić information content (AvgIpc) is 2.47. The van der Waals surface area contributed by atoms with E-state index in [1.807, 2.05) is 22.8 Å². The quantitative estimate of drug-likeness (QED) is 0.545. The molecule has 0 fully saturated rings. The van der Waals surface area contributed by atoms with Gasteiger partial charge in [-0.25, -0.2) is 4.79 Å². The molecule has 0 radical (unpaired) electrons. The Labute approximate surface area is 66.5 Å². The molecule has 2 rings (SSSR count). The zero-order chi connectivity index (χ0) is 7.68. The van der Waals surface area contributed by atoms with E-state index in [9.17, 15) is 4.79 Å². The lowest BCUT2D eigenvalue weighted by Crippen LogP contribution is -1.76. The molecule has 1 atom stereocenters. The number of hydrogen-bond donors (Lipinski definition) is 0. The number of nitrogens with zero attached hydrogens (tertiary/aromatic N) is 1. The van der Waals surface area contributed by atoms with E-state index in [4.69, 9.17) is 0 Å². The van der Waals surface area contributed by atoms with Crippen LogP contribution in [0, 0.1) is 0 Å². The van der Waals surface area contributed by atoms with Gasteiger partial charge in [-0.05, 0) is 28.0 Å². The van der Waals surface area contributed by atoms with Crippen LogP contribution < -0.4 is 0 Å². The Balaban J connectivity index is 2.72. The minimum atomic E-state index is -0.435. The predicted octanol–water partition coefficient (Wildman–Crippen LogP) is 1.76. The van der Waals surface area contributed by atoms with E-state index in [1.165, 1.54) is 0 Å². The van der Waals surface area contributed by atoms with Gasteiger partial charge in [0, 0.05) is 22.9 Å². The highest BCUT2D eigenvalue weighted by Crippen LogP contribution is 2.36. The molecule has 0 saturated carbocycles. The van der Waals surface area contributed by atoms with Gasteiger partial charge in [0.15, 0.2) is 5.23 Å². The SMILES string of the molecule is O=C=S1C=Cc2cnccc21. The van der Waals surface area contributed by atoms with Crippen molar-refractivity contribution in [1.29, 1.82) is 0 Å². The first-order chi connectivity index (χ1) is 5.42. The molecule has 54 valence electrons. The van der Waals surface area contributed by atoms with Gasteiger partial charge in [-0.15, -0.1) is 0 Å². The van der Waals surface area contributed by atoms with Crippen LogP contribution in [-0.4, -0.2) is 10.2 Å². The fourth-order valence-corrected chi connectivity index (χ4v) is 2.16. The second kappa shape index (κ2) is 2.46. The maximum atomic E-state index is 10.4. The molecular formula is C8H5NOS. The van der Waals surface area contributed by atoms with Gasteiger partial charge < -0.3 is 0 Å². The first kappa shape index (κ1) is 6.53. The zero-order valence-electron chi connectivity index (χ0n) is 5.65. The minimum Gasteiger partial charge on any atom is -0.264 e. The third-order valence-electron chi connectivity index (χ3n) is 1.52. The summed E-state index contributed by atoms with van der Waals surface area (Å²) in [5, 5.41) is 3.84. The van der Waals surface area contributed by atoms with Crippen molar-refractivity contribution in [1.82, 2.24) is 4.98 Å². The Morgan fingerprint density at radius 1 is 1.55 bits per heavy atom. The van der Waals surface area contributed by atoms with Gasteiger partial charge in [0.1, 0.15) is 0 Å². The molecule has 1 aliphatic heterocycles. The lowest BCUT2D eigenvalue weighted by atomic mass is 10.3. The summed E-state index contributed by atoms with van der Waals surface area (Å²) < 4.78 is 0. The predicted molar refractivity (Wildman–Crippen MR) is 44.8 cm³/mol. The second-order valence-electron chi connectivity index (χ2n) is 2.14. The Kier molecular flexibility index (Phi) is 1.46. The summed E-state index contributed by atoms with van der Waals surface area (Å²) in [4.78, 5) is 15.4. The molecule has 1 aromatic heterocycles. The molecule has 0 saturated heterocycles. The normalized spacial score (nSPS) is 19.5. The number of hydrogen-bond acceptors (Lipinski definition) is 2. The van der Waals surface area contributed by atoms with Crippen molar-refractivity contribution in [3.63, 3.8) is 0 Å². The Hall–Kier alpha value is -1.18. The molecule has 0 amide bonds. The topological polar surface area (TPSA) is 30.0 Å². The van der Waals surface area contributed by atoms with Crippen molar-refractivity contribution in [2.24, 2.45) is 0 Å². The average molecular weight is 163 g/mol. The van der Waals surface area contributed by atoms with Crippen LogP contribution in [0.25, 0.3) is 6.08 Å². The summed E-state index contributed by atoms with van der Waals surface area (Å²) in [5.41, 5.74) is 1.04. The van der Waals surface area contributed by atoms with Crippen LogP contribution >= 0.6 is 10.5 Å². The molecule has 1 aromatic rings. The van der Waals surface area contributed by atoms with Crippen molar-refractivity contribution in [2.75, 3.05) is 0 Å². The first-order valence-corrected chi connectivity index (χ1v) is 4.44. The minimum absolute atomic E-state index is 0.435. The Morgan fingerprint density at radius 2 is 2.45 bits per heavy atom. The molecule has 2 nitrogen and oxygen atoms in total. The summed E-state index contributed by atoms with van der Waals surface area (Å²) in [6, 6.07) is 1.86. The third kappa shape index (κ3) is 0.946. The molecule has 0 N–H and O–H groups in total. The molecule has 0 spiro atoms. The summed E-state index contributed by atoms with van der Waals surface area (Å²) in [6.07, 6.45) is 5.37. The molecule has 11 heavy (non-hydrogen) atoms. The van der Waals surface area contributed by atoms with Crippen molar-refractivity contribution < 1.29 is 4.79 Å². The highest BCUT2D eigenvalue weighted by Gasteiger charge is 2.08. The van der Waals surface area contributed by atoms with Crippen LogP contribution in [0.15, 0.2) is 28.8 Å². The highest BCUT2D eigenvalue weighted by molar-refractivity contribution is 8.17. The lowest BCUT2D eigenvalue weighted by molar-refractivity contribution is 0.572. The van der Waals surface area contributed by atoms with Gasteiger partial charge in [0.05, 0.1) is 0 Å². The number of fused-ring (bicyclic) bond motifs is 1. The van der Waals surface area contributed by atoms with Gasteiger partial charge in [-0.2, -0.15) is 0 Å². The monoisotopic (exact) mass is 163 g/mol. The van der Waals surface area contributed by atoms with E-state index in [1.54, 1.807) is 12.4 Å². The number of carbonyl (C=O) groups excluding carboxylic acids is 1. The standard InChI is InChI=1S/C8H5NOS/c10-6-11-4-2-7-5-9-3-1-8(7)11/h1-5H. The Morgan fingerprint density at radius 3 is 3.27 bits per heavy atom. The fraction of sp³-hybridized carbons (Fsp3) is 0. The van der Waals surface area contributed by atoms with Gasteiger partial charge in [-0.3, -0.25) is 4.98 Å². The van der Waals surface area contributed by atoms with Crippen LogP contribution in [-0.2, 0) is 4.79 Å². The molecule has 1 aliphatic rings. The first-order valence-electron chi connectivity index (χ1n) is 3.15. The van der Waals surface area contributed by atoms with E-state index in [0.29, 0.717) is 0 Å². The summed E-state index contributed by atoms with van der Waals surface area (Å²) in [6.45, 7) is 0. The fourth-order valence-electron chi connectivity index (χ4n) is 1.01. The van der Waals surface area contributed by atoms with E-state index in [0.717, 1.165) is 10.5 Å². The highest BCUT2D eigenvalue weighted by atomic mass is 32.2. The van der Waals surface area contributed by atoms with Gasteiger partial charge in [-0.1, -0.05) is 0 Å². The van der Waals surface area contributed by atoms with Crippen molar-refractivity contribution in [3.8, 4) is 0 Å². The molecule has 0 aromatic carbocycles. The zero-order valence-corrected chi connectivity index (χ0v) is 6.47. The molecule has 1 unspecified atom stereocenters. The number of pyridine rings is 1. The van der Waals surface area contributed by atoms with Crippen LogP contribution in [0.3, 0.4) is 0 Å². The van der Waals surface area contributed by atoms with Gasteiger partial charge in [0.2, 0.25) is 0 Å². The maximum absolute atomic E-state index is 10.4. The molecule has 0 bridgehead atoms. The second-order valence-corrected chi connectivity index (χ2v) is 3.69. The van der Waals surface area contributed by atoms with Crippen molar-refractivity contribution in [3.05, 3.63) is 29.4 Å². The molecule has 2 heterocycles. The summed E-state index contributed by atoms with van der Waals surface area (Å²) >= 11 is 0. The molecular weight excluding hydrogens is 158 g/mol. The smallest absolute Gasteiger partial charge is 0.164 e. The summed E-state index contributed by atoms with van der Waals surface area (Å²) in [7, 11) is -0.435. The van der Waals surface area contributed by atoms with E-state index < -0.39 is 10.5 Å². The maximum Gasteiger partial charge on any atom is 0.164 e. The largest absolute Gasteiger partial charge is 0.264 e. The summed E-state index contributed by atoms with van der Waals surface area (Å²) in [5.74, 6) is 0. The third-order valence-corrected chi connectivity index (χ3v) is 2.95. The molecule has 3 heteroatoms. The van der Waals surface area contributed by atoms with Crippen LogP contribution in [0.1, 0.15) is 5.56 Å². The van der Waals surface area contributed by atoms with Crippen LogP contribution in [0.4, 0.5) is 0 Å². The number of aromatic nitrogens is 1. The van der Waals surface area contributed by atoms with Crippen molar-refractivity contribution in [2.45, 2.75) is 4.90 Å². The van der Waals surface area contributed by atoms with Gasteiger partial charge in [0.25, 0.3) is 0 Å². The van der Waals surface area contributed by atoms with Crippen LogP contribution in [0.2, 0.25) is 0 Å². The van der Waals surface area contributed by atoms with Crippen LogP contribution in [0.5, 0.6) is 0 Å². The van der Waals surface area contributed by atoms with E-state index in [-0.39, 0.29) is 0 Å². The lowest BCUT2D eigenvalue weighted by Gasteiger charge is -1.94. The van der Waals surface area contributed by atoms with Gasteiger partial charge >= 0.3 is 0 Å². The van der Waals surface area contributed by atoms with Crippen molar-refractivity contribution >= 4 is 21.8 Å². The van der Waals surface area contributed by atoms with E-state index >= 15 is 0 Å². The van der Waals surface area contributed by atoms with E-state index in [2.05, 4.69) is 4.98 Å². The Bertz CT molecular complexity index is 377. The number of rotatable bonds is 0.